The molecule has 2 saturated carbocycles. The molecule has 0 spiro atoms. The van der Waals surface area contributed by atoms with Gasteiger partial charge >= 0.3 is 0 Å². The molecule has 2 aliphatic carbocycles. The lowest BCUT2D eigenvalue weighted by Gasteiger charge is -2.42. The van der Waals surface area contributed by atoms with Crippen LogP contribution in [0.1, 0.15) is 89.5 Å². The van der Waals surface area contributed by atoms with Crippen LogP contribution in [0.5, 0.6) is 5.75 Å². The molecule has 2 aromatic rings. The van der Waals surface area contributed by atoms with Crippen molar-refractivity contribution in [2.45, 2.75) is 84.0 Å². The quantitative estimate of drug-likeness (QED) is 0.283. The second kappa shape index (κ2) is 11.0. The smallest absolute Gasteiger partial charge is 0.175 e. The molecule has 0 N–H and O–H groups in total. The summed E-state index contributed by atoms with van der Waals surface area (Å²) < 4.78 is 50.6. The molecule has 2 aromatic carbocycles. The number of hydrogen-bond donors (Lipinski definition) is 0. The van der Waals surface area contributed by atoms with Gasteiger partial charge in [0, 0.05) is 0 Å². The van der Waals surface area contributed by atoms with Crippen LogP contribution in [-0.2, 0) is 0 Å². The van der Waals surface area contributed by atoms with E-state index in [-0.39, 0.29) is 23.7 Å². The first-order valence-electron chi connectivity index (χ1n) is 12.9. The fourth-order valence-electron chi connectivity index (χ4n) is 6.24. The van der Waals surface area contributed by atoms with Gasteiger partial charge in [-0.15, -0.1) is 0 Å². The van der Waals surface area contributed by atoms with Gasteiger partial charge in [-0.2, -0.15) is 0 Å². The van der Waals surface area contributed by atoms with E-state index < -0.39 is 17.5 Å². The van der Waals surface area contributed by atoms with Crippen LogP contribution in [0.15, 0.2) is 30.4 Å². The lowest BCUT2D eigenvalue weighted by molar-refractivity contribution is 0.112. The third-order valence-corrected chi connectivity index (χ3v) is 8.06. The van der Waals surface area contributed by atoms with Crippen molar-refractivity contribution in [2.75, 3.05) is 6.61 Å². The lowest BCUT2D eigenvalue weighted by atomic mass is 9.63. The van der Waals surface area contributed by atoms with E-state index in [1.54, 1.807) is 24.3 Å². The van der Waals surface area contributed by atoms with Crippen molar-refractivity contribution in [3.63, 3.8) is 0 Å². The Bertz CT molecular complexity index is 983. The van der Waals surface area contributed by atoms with E-state index in [4.69, 9.17) is 4.74 Å². The van der Waals surface area contributed by atoms with Crippen LogP contribution in [0.25, 0.3) is 10.8 Å². The molecule has 33 heavy (non-hydrogen) atoms. The molecule has 0 aromatic heterocycles. The maximum Gasteiger partial charge on any atom is 0.175 e. The number of halogens is 3. The Labute approximate surface area is 196 Å². The normalized spacial score (nSPS) is 25.5. The molecule has 180 valence electrons. The van der Waals surface area contributed by atoms with E-state index in [1.807, 2.05) is 6.92 Å². The van der Waals surface area contributed by atoms with E-state index in [0.29, 0.717) is 16.9 Å². The summed E-state index contributed by atoms with van der Waals surface area (Å²) in [5.74, 6) is -0.672. The molecule has 0 saturated heterocycles. The Kier molecular flexibility index (Phi) is 8.03. The predicted molar refractivity (Wildman–Crippen MR) is 129 cm³/mol. The van der Waals surface area contributed by atoms with E-state index in [0.717, 1.165) is 31.1 Å². The molecule has 4 rings (SSSR count). The Hall–Kier alpha value is -1.97. The van der Waals surface area contributed by atoms with Gasteiger partial charge in [-0.25, -0.2) is 13.2 Å². The molecular weight excluding hydrogens is 421 g/mol. The molecule has 2 fully saturated rings. The van der Waals surface area contributed by atoms with Gasteiger partial charge in [-0.05, 0) is 85.8 Å². The molecule has 0 bridgehead atoms. The molecule has 0 amide bonds. The summed E-state index contributed by atoms with van der Waals surface area (Å²) in [5, 5.41) is 0.0945. The van der Waals surface area contributed by atoms with Crippen LogP contribution >= 0.6 is 0 Å². The molecule has 0 aliphatic heterocycles. The summed E-state index contributed by atoms with van der Waals surface area (Å²) in [6.07, 6.45) is 15.5. The van der Waals surface area contributed by atoms with Crippen molar-refractivity contribution >= 4 is 10.8 Å². The second-order valence-corrected chi connectivity index (χ2v) is 10.2. The van der Waals surface area contributed by atoms with Crippen LogP contribution in [0.4, 0.5) is 13.2 Å². The molecule has 2 aliphatic rings. The topological polar surface area (TPSA) is 9.23 Å². The standard InChI is InChI=1S/C29H37F3O/c1-3-5-7-8-19-9-10-21-17-22(12-11-20(21)16-19)24-18-23-13-14-25(33-15-6-4-2)28(31)26(23)29(32)27(24)30/h4,6,13-14,18-22H,3,5,7-12,15-17H2,1-2H3. The maximum atomic E-state index is 15.2. The Morgan fingerprint density at radius 3 is 2.52 bits per heavy atom. The molecule has 4 unspecified atom stereocenters. The van der Waals surface area contributed by atoms with Crippen LogP contribution in [0, 0.1) is 35.2 Å². The molecule has 0 heterocycles. The summed E-state index contributed by atoms with van der Waals surface area (Å²) in [5.41, 5.74) is 0.422. The summed E-state index contributed by atoms with van der Waals surface area (Å²) >= 11 is 0. The minimum Gasteiger partial charge on any atom is -0.486 e. The summed E-state index contributed by atoms with van der Waals surface area (Å²) in [4.78, 5) is 0. The number of allylic oxidation sites excluding steroid dienone is 1. The van der Waals surface area contributed by atoms with Crippen LogP contribution in [0.3, 0.4) is 0 Å². The fraction of sp³-hybridized carbons (Fsp3) is 0.586. The minimum absolute atomic E-state index is 0.00969. The summed E-state index contributed by atoms with van der Waals surface area (Å²) in [7, 11) is 0. The molecule has 4 atom stereocenters. The number of unbranched alkanes of at least 4 members (excludes halogenated alkanes) is 2. The Balaban J connectivity index is 1.50. The molecule has 0 radical (unpaired) electrons. The number of hydrogen-bond acceptors (Lipinski definition) is 1. The zero-order valence-corrected chi connectivity index (χ0v) is 20.0. The molecule has 1 nitrogen and oxygen atoms in total. The van der Waals surface area contributed by atoms with E-state index in [1.165, 1.54) is 51.0 Å². The average molecular weight is 459 g/mol. The van der Waals surface area contributed by atoms with Gasteiger partial charge in [-0.1, -0.05) is 57.2 Å². The Morgan fingerprint density at radius 1 is 0.939 bits per heavy atom. The number of ether oxygens (including phenoxy) is 1. The second-order valence-electron chi connectivity index (χ2n) is 10.2. The lowest BCUT2D eigenvalue weighted by Crippen LogP contribution is -2.30. The molecular formula is C29H37F3O. The van der Waals surface area contributed by atoms with Gasteiger partial charge in [0.05, 0.1) is 5.39 Å². The highest BCUT2D eigenvalue weighted by atomic mass is 19.2. The monoisotopic (exact) mass is 458 g/mol. The van der Waals surface area contributed by atoms with Crippen molar-refractivity contribution in [3.05, 3.63) is 53.4 Å². The van der Waals surface area contributed by atoms with Crippen LogP contribution < -0.4 is 4.74 Å². The Morgan fingerprint density at radius 2 is 1.73 bits per heavy atom. The third-order valence-electron chi connectivity index (χ3n) is 8.06. The first kappa shape index (κ1) is 24.2. The largest absolute Gasteiger partial charge is 0.486 e. The number of benzene rings is 2. The van der Waals surface area contributed by atoms with Crippen molar-refractivity contribution in [3.8, 4) is 5.75 Å². The highest BCUT2D eigenvalue weighted by Gasteiger charge is 2.37. The SMILES string of the molecule is CC=CCOc1ccc2cc(C3CCC4CC(CCCCC)CCC4C3)c(F)c(F)c2c1F. The molecule has 4 heteroatoms. The van der Waals surface area contributed by atoms with Crippen molar-refractivity contribution in [2.24, 2.45) is 17.8 Å². The first-order chi connectivity index (χ1) is 16.0. The van der Waals surface area contributed by atoms with Crippen LogP contribution in [0.2, 0.25) is 0 Å². The summed E-state index contributed by atoms with van der Waals surface area (Å²) in [6, 6.07) is 4.83. The number of fused-ring (bicyclic) bond motifs is 2. The van der Waals surface area contributed by atoms with Gasteiger partial charge in [0.1, 0.15) is 6.61 Å². The average Bonchev–Trinajstić information content (AvgIpc) is 2.82. The van der Waals surface area contributed by atoms with Gasteiger partial charge in [0.15, 0.2) is 23.2 Å². The van der Waals surface area contributed by atoms with Gasteiger partial charge in [0.2, 0.25) is 0 Å². The van der Waals surface area contributed by atoms with Crippen molar-refractivity contribution in [1.82, 2.24) is 0 Å². The zero-order chi connectivity index (χ0) is 23.4. The van der Waals surface area contributed by atoms with Gasteiger partial charge in [-0.3, -0.25) is 0 Å². The maximum absolute atomic E-state index is 15.2. The summed E-state index contributed by atoms with van der Waals surface area (Å²) in [6.45, 7) is 4.27. The van der Waals surface area contributed by atoms with Gasteiger partial charge < -0.3 is 4.74 Å². The third kappa shape index (κ3) is 5.25. The number of rotatable bonds is 8. The van der Waals surface area contributed by atoms with Gasteiger partial charge in [0.25, 0.3) is 0 Å². The van der Waals surface area contributed by atoms with Crippen molar-refractivity contribution in [1.29, 1.82) is 0 Å². The minimum atomic E-state index is -1.08. The highest BCUT2D eigenvalue weighted by molar-refractivity contribution is 5.86. The van der Waals surface area contributed by atoms with E-state index in [2.05, 4.69) is 6.92 Å². The van der Waals surface area contributed by atoms with Crippen molar-refractivity contribution < 1.29 is 17.9 Å². The zero-order valence-electron chi connectivity index (χ0n) is 20.0. The fourth-order valence-corrected chi connectivity index (χ4v) is 6.24. The van der Waals surface area contributed by atoms with E-state index in [9.17, 15) is 4.39 Å². The first-order valence-corrected chi connectivity index (χ1v) is 12.9. The highest BCUT2D eigenvalue weighted by Crippen LogP contribution is 2.49. The van der Waals surface area contributed by atoms with Crippen LogP contribution in [-0.4, -0.2) is 6.61 Å². The predicted octanol–water partition coefficient (Wildman–Crippen LogP) is 9.09. The van der Waals surface area contributed by atoms with E-state index >= 15 is 8.78 Å².